The summed E-state index contributed by atoms with van der Waals surface area (Å²) in [6, 6.07) is 9.72. The lowest BCUT2D eigenvalue weighted by molar-refractivity contribution is 0.584. The van der Waals surface area contributed by atoms with Crippen LogP contribution in [0.3, 0.4) is 0 Å². The Kier molecular flexibility index (Phi) is 3.21. The molecule has 0 saturated heterocycles. The summed E-state index contributed by atoms with van der Waals surface area (Å²) in [5, 5.41) is 4.64. The van der Waals surface area contributed by atoms with E-state index < -0.39 is 11.6 Å². The van der Waals surface area contributed by atoms with E-state index in [2.05, 4.69) is 16.1 Å². The van der Waals surface area contributed by atoms with E-state index in [0.717, 1.165) is 52.5 Å². The van der Waals surface area contributed by atoms with Crippen LogP contribution in [-0.4, -0.2) is 14.8 Å². The summed E-state index contributed by atoms with van der Waals surface area (Å²) in [5.74, 6) is -1.17. The molecule has 2 aromatic heterocycles. The summed E-state index contributed by atoms with van der Waals surface area (Å²) in [6.45, 7) is 0.827. The molecule has 0 bridgehead atoms. The Morgan fingerprint density at radius 1 is 1.08 bits per heavy atom. The molecule has 3 heterocycles. The molecule has 6 heteroatoms. The Morgan fingerprint density at radius 2 is 2.00 bits per heavy atom. The van der Waals surface area contributed by atoms with Gasteiger partial charge in [0, 0.05) is 29.4 Å². The Labute approximate surface area is 146 Å². The SMILES string of the molecule is Fc1ccc(-c2nn3c(c2-c2ccc4ncsc4c2)CCC3)c(F)c1. The van der Waals surface area contributed by atoms with Gasteiger partial charge in [0.2, 0.25) is 0 Å². The van der Waals surface area contributed by atoms with Crippen molar-refractivity contribution in [2.24, 2.45) is 0 Å². The maximum absolute atomic E-state index is 14.4. The van der Waals surface area contributed by atoms with Crippen LogP contribution in [0.4, 0.5) is 8.78 Å². The minimum atomic E-state index is -0.586. The molecule has 0 fully saturated rings. The zero-order chi connectivity index (χ0) is 17.0. The summed E-state index contributed by atoms with van der Waals surface area (Å²) in [6.07, 6.45) is 1.94. The van der Waals surface area contributed by atoms with Crippen molar-refractivity contribution in [2.45, 2.75) is 19.4 Å². The van der Waals surface area contributed by atoms with Gasteiger partial charge in [0.05, 0.1) is 15.7 Å². The van der Waals surface area contributed by atoms with Gasteiger partial charge >= 0.3 is 0 Å². The Morgan fingerprint density at radius 3 is 2.88 bits per heavy atom. The van der Waals surface area contributed by atoms with E-state index in [1.54, 1.807) is 11.3 Å². The first-order chi connectivity index (χ1) is 12.2. The number of nitrogens with zero attached hydrogens (tertiary/aromatic N) is 3. The van der Waals surface area contributed by atoms with E-state index in [0.29, 0.717) is 11.3 Å². The predicted molar refractivity (Wildman–Crippen MR) is 94.5 cm³/mol. The molecule has 1 aliphatic rings. The van der Waals surface area contributed by atoms with Gasteiger partial charge in [0.25, 0.3) is 0 Å². The highest BCUT2D eigenvalue weighted by molar-refractivity contribution is 7.16. The molecule has 0 aliphatic carbocycles. The number of thiazole rings is 1. The first-order valence-electron chi connectivity index (χ1n) is 8.09. The highest BCUT2D eigenvalue weighted by atomic mass is 32.1. The van der Waals surface area contributed by atoms with Crippen molar-refractivity contribution >= 4 is 21.6 Å². The molecule has 0 amide bonds. The van der Waals surface area contributed by atoms with Gasteiger partial charge in [-0.05, 0) is 42.7 Å². The first kappa shape index (κ1) is 14.7. The van der Waals surface area contributed by atoms with Gasteiger partial charge in [-0.1, -0.05) is 6.07 Å². The summed E-state index contributed by atoms with van der Waals surface area (Å²) < 4.78 is 30.8. The molecule has 0 atom stereocenters. The van der Waals surface area contributed by atoms with Crippen LogP contribution in [-0.2, 0) is 13.0 Å². The van der Waals surface area contributed by atoms with Crippen molar-refractivity contribution in [2.75, 3.05) is 0 Å². The Balaban J connectivity index is 1.77. The zero-order valence-corrected chi connectivity index (χ0v) is 14.0. The molecule has 25 heavy (non-hydrogen) atoms. The summed E-state index contributed by atoms with van der Waals surface area (Å²) in [5.41, 5.74) is 6.74. The number of benzene rings is 2. The van der Waals surface area contributed by atoms with Gasteiger partial charge in [0.1, 0.15) is 17.3 Å². The largest absolute Gasteiger partial charge is 0.268 e. The number of hydrogen-bond acceptors (Lipinski definition) is 3. The van der Waals surface area contributed by atoms with Crippen LogP contribution in [0.25, 0.3) is 32.6 Å². The number of aryl methyl sites for hydroxylation is 1. The van der Waals surface area contributed by atoms with E-state index in [9.17, 15) is 8.78 Å². The Hall–Kier alpha value is -2.60. The normalized spacial score (nSPS) is 13.5. The van der Waals surface area contributed by atoms with E-state index in [1.165, 1.54) is 12.1 Å². The molecular formula is C19H13F2N3S. The summed E-state index contributed by atoms with van der Waals surface area (Å²) in [4.78, 5) is 4.31. The number of fused-ring (bicyclic) bond motifs is 2. The second-order valence-electron chi connectivity index (χ2n) is 6.16. The molecule has 0 unspecified atom stereocenters. The third-order valence-corrected chi connectivity index (χ3v) is 5.44. The lowest BCUT2D eigenvalue weighted by atomic mass is 9.97. The summed E-state index contributed by atoms with van der Waals surface area (Å²) >= 11 is 1.58. The predicted octanol–water partition coefficient (Wildman–Crippen LogP) is 5.05. The van der Waals surface area contributed by atoms with E-state index >= 15 is 0 Å². The van der Waals surface area contributed by atoms with Crippen molar-refractivity contribution in [1.29, 1.82) is 0 Å². The van der Waals surface area contributed by atoms with E-state index in [1.807, 2.05) is 22.3 Å². The van der Waals surface area contributed by atoms with Crippen molar-refractivity contribution in [3.8, 4) is 22.4 Å². The third kappa shape index (κ3) is 2.28. The van der Waals surface area contributed by atoms with Crippen LogP contribution < -0.4 is 0 Å². The molecule has 124 valence electrons. The lowest BCUT2D eigenvalue weighted by Gasteiger charge is -2.07. The lowest BCUT2D eigenvalue weighted by Crippen LogP contribution is -1.95. The Bertz CT molecular complexity index is 1110. The second kappa shape index (κ2) is 5.46. The molecule has 1 aliphatic heterocycles. The standard InChI is InChI=1S/C19H13F2N3S/c20-12-4-5-13(14(21)9-12)19-18(16-2-1-7-24(16)23-19)11-3-6-15-17(8-11)25-10-22-15/h3-6,8-10H,1-2,7H2. The van der Waals surface area contributed by atoms with Crippen molar-refractivity contribution in [1.82, 2.24) is 14.8 Å². The quantitative estimate of drug-likeness (QED) is 0.505. The van der Waals surface area contributed by atoms with Gasteiger partial charge in [-0.25, -0.2) is 13.8 Å². The molecule has 0 N–H and O–H groups in total. The molecule has 5 rings (SSSR count). The van der Waals surface area contributed by atoms with Crippen LogP contribution in [0.5, 0.6) is 0 Å². The van der Waals surface area contributed by atoms with Crippen molar-refractivity contribution in [3.05, 3.63) is 59.2 Å². The molecule has 3 nitrogen and oxygen atoms in total. The fourth-order valence-electron chi connectivity index (χ4n) is 3.52. The van der Waals surface area contributed by atoms with Crippen LogP contribution in [0.1, 0.15) is 12.1 Å². The fourth-order valence-corrected chi connectivity index (χ4v) is 4.23. The van der Waals surface area contributed by atoms with Gasteiger partial charge < -0.3 is 0 Å². The number of halogens is 2. The third-order valence-electron chi connectivity index (χ3n) is 4.65. The number of aromatic nitrogens is 3. The van der Waals surface area contributed by atoms with Gasteiger partial charge in [-0.3, -0.25) is 4.68 Å². The monoisotopic (exact) mass is 353 g/mol. The van der Waals surface area contributed by atoms with Crippen LogP contribution in [0.2, 0.25) is 0 Å². The van der Waals surface area contributed by atoms with E-state index in [-0.39, 0.29) is 0 Å². The van der Waals surface area contributed by atoms with Crippen molar-refractivity contribution < 1.29 is 8.78 Å². The molecule has 2 aromatic carbocycles. The number of rotatable bonds is 2. The van der Waals surface area contributed by atoms with Crippen molar-refractivity contribution in [3.63, 3.8) is 0 Å². The summed E-state index contributed by atoms with van der Waals surface area (Å²) in [7, 11) is 0. The highest BCUT2D eigenvalue weighted by Gasteiger charge is 2.25. The van der Waals surface area contributed by atoms with Gasteiger partial charge in [0.15, 0.2) is 0 Å². The molecule has 4 aromatic rings. The molecule has 0 radical (unpaired) electrons. The van der Waals surface area contributed by atoms with Crippen LogP contribution in [0, 0.1) is 11.6 Å². The minimum absolute atomic E-state index is 0.336. The average Bonchev–Trinajstić information content (AvgIpc) is 3.29. The average molecular weight is 353 g/mol. The van der Waals surface area contributed by atoms with Crippen LogP contribution in [0.15, 0.2) is 41.9 Å². The molecule has 0 spiro atoms. The topological polar surface area (TPSA) is 30.7 Å². The van der Waals surface area contributed by atoms with Gasteiger partial charge in [-0.2, -0.15) is 5.10 Å². The van der Waals surface area contributed by atoms with Gasteiger partial charge in [-0.15, -0.1) is 11.3 Å². The fraction of sp³-hybridized carbons (Fsp3) is 0.158. The van der Waals surface area contributed by atoms with E-state index in [4.69, 9.17) is 0 Å². The molecule has 0 saturated carbocycles. The minimum Gasteiger partial charge on any atom is -0.268 e. The zero-order valence-electron chi connectivity index (χ0n) is 13.2. The second-order valence-corrected chi connectivity index (χ2v) is 7.04. The highest BCUT2D eigenvalue weighted by Crippen LogP contribution is 2.39. The molecular weight excluding hydrogens is 340 g/mol. The smallest absolute Gasteiger partial charge is 0.135 e. The van der Waals surface area contributed by atoms with Crippen LogP contribution >= 0.6 is 11.3 Å². The maximum atomic E-state index is 14.4. The first-order valence-corrected chi connectivity index (χ1v) is 8.97. The number of hydrogen-bond donors (Lipinski definition) is 0. The maximum Gasteiger partial charge on any atom is 0.135 e.